The normalized spacial score (nSPS) is 13.8. The minimum absolute atomic E-state index is 0.121. The maximum Gasteiger partial charge on any atom is 0.261 e. The first-order chi connectivity index (χ1) is 13.8. The highest BCUT2D eigenvalue weighted by atomic mass is 35.5. The molecule has 0 saturated heterocycles. The molecule has 1 unspecified atom stereocenters. The first kappa shape index (κ1) is 22.8. The zero-order valence-electron chi connectivity index (χ0n) is 16.3. The Bertz CT molecular complexity index is 994. The van der Waals surface area contributed by atoms with Gasteiger partial charge in [0, 0.05) is 17.5 Å². The van der Waals surface area contributed by atoms with Crippen LogP contribution in [0.1, 0.15) is 6.92 Å². The van der Waals surface area contributed by atoms with Crippen LogP contribution in [0.25, 0.3) is 11.3 Å². The molecule has 0 fully saturated rings. The molecule has 3 N–H and O–H groups in total. The summed E-state index contributed by atoms with van der Waals surface area (Å²) in [5, 5.41) is 12.9. The van der Waals surface area contributed by atoms with E-state index < -0.39 is 10.0 Å². The molecule has 0 bridgehead atoms. The molecular formula is C21H24ClN3O3S. The van der Waals surface area contributed by atoms with Crippen molar-refractivity contribution in [2.45, 2.75) is 17.9 Å². The first-order valence-electron chi connectivity index (χ1n) is 8.88. The van der Waals surface area contributed by atoms with Crippen molar-refractivity contribution in [1.29, 1.82) is 0 Å². The van der Waals surface area contributed by atoms with E-state index in [0.717, 1.165) is 5.56 Å². The fourth-order valence-corrected chi connectivity index (χ4v) is 3.79. The minimum Gasteiger partial charge on any atom is -0.394 e. The Hall–Kier alpha value is -2.45. The van der Waals surface area contributed by atoms with Gasteiger partial charge in [0.25, 0.3) is 10.0 Å². The number of aliphatic hydroxyl groups excluding tert-OH is 1. The molecule has 1 heterocycles. The fourth-order valence-electron chi connectivity index (χ4n) is 2.58. The molecule has 1 atom stereocenters. The summed E-state index contributed by atoms with van der Waals surface area (Å²) in [6.07, 6.45) is 6.38. The number of likely N-dealkylation sites (N-methyl/N-ethyl adjacent to an activating group) is 1. The molecule has 0 aliphatic rings. The third kappa shape index (κ3) is 6.01. The van der Waals surface area contributed by atoms with Gasteiger partial charge >= 0.3 is 0 Å². The summed E-state index contributed by atoms with van der Waals surface area (Å²) in [7, 11) is -2.09. The summed E-state index contributed by atoms with van der Waals surface area (Å²) >= 11 is 5.85. The number of allylic oxidation sites excluding steroid dienone is 2. The molecule has 29 heavy (non-hydrogen) atoms. The van der Waals surface area contributed by atoms with E-state index in [9.17, 15) is 13.5 Å². The van der Waals surface area contributed by atoms with E-state index in [4.69, 9.17) is 11.6 Å². The van der Waals surface area contributed by atoms with E-state index in [1.165, 1.54) is 18.3 Å². The SMILES string of the molecule is C=C/C(=C\C(=C/C)NS(=O)(=O)c1ccc(-c2ccc(Cl)cn2)cc1)C(CO)NC. The molecule has 0 spiro atoms. The van der Waals surface area contributed by atoms with E-state index in [0.29, 0.717) is 22.0 Å². The Morgan fingerprint density at radius 2 is 1.97 bits per heavy atom. The number of halogens is 1. The second kappa shape index (κ2) is 10.4. The van der Waals surface area contributed by atoms with Gasteiger partial charge in [0.2, 0.25) is 0 Å². The van der Waals surface area contributed by atoms with Crippen LogP contribution in [0.3, 0.4) is 0 Å². The van der Waals surface area contributed by atoms with Gasteiger partial charge in [-0.3, -0.25) is 9.71 Å². The third-order valence-corrected chi connectivity index (χ3v) is 5.86. The van der Waals surface area contributed by atoms with E-state index in [2.05, 4.69) is 21.6 Å². The smallest absolute Gasteiger partial charge is 0.261 e. The third-order valence-electron chi connectivity index (χ3n) is 4.24. The second-order valence-electron chi connectivity index (χ2n) is 6.11. The Morgan fingerprint density at radius 3 is 2.45 bits per heavy atom. The molecule has 1 aromatic carbocycles. The van der Waals surface area contributed by atoms with E-state index >= 15 is 0 Å². The standard InChI is InChI=1S/C21H24ClN3O3S/c1-4-15(21(14-26)23-3)12-18(5-2)25-29(27,28)19-9-6-16(7-10-19)20-11-8-17(22)13-24-20/h4-13,21,23,25-26H,1,14H2,2-3H3/b15-12+,18-5+. The fraction of sp³-hybridized carbons (Fsp3) is 0.190. The molecule has 2 rings (SSSR count). The number of nitrogens with one attached hydrogen (secondary N) is 2. The van der Waals surface area contributed by atoms with Crippen LogP contribution < -0.4 is 10.0 Å². The summed E-state index contributed by atoms with van der Waals surface area (Å²) in [4.78, 5) is 4.35. The van der Waals surface area contributed by atoms with E-state index in [1.807, 2.05) is 0 Å². The van der Waals surface area contributed by atoms with Crippen molar-refractivity contribution in [3.8, 4) is 11.3 Å². The molecule has 8 heteroatoms. The van der Waals surface area contributed by atoms with Crippen LogP contribution >= 0.6 is 11.6 Å². The van der Waals surface area contributed by atoms with Crippen molar-refractivity contribution >= 4 is 21.6 Å². The number of pyridine rings is 1. The average molecular weight is 434 g/mol. The van der Waals surface area contributed by atoms with Gasteiger partial charge in [0.15, 0.2) is 0 Å². The quantitative estimate of drug-likeness (QED) is 0.528. The number of aliphatic hydroxyl groups is 1. The highest BCUT2D eigenvalue weighted by molar-refractivity contribution is 7.89. The summed E-state index contributed by atoms with van der Waals surface area (Å²) in [6, 6.07) is 9.55. The largest absolute Gasteiger partial charge is 0.394 e. The van der Waals surface area contributed by atoms with Crippen LogP contribution in [-0.2, 0) is 10.0 Å². The summed E-state index contributed by atoms with van der Waals surface area (Å²) in [5.41, 5.74) is 2.51. The van der Waals surface area contributed by atoms with Crippen molar-refractivity contribution in [1.82, 2.24) is 15.0 Å². The van der Waals surface area contributed by atoms with Gasteiger partial charge in [0.1, 0.15) is 0 Å². The monoisotopic (exact) mass is 433 g/mol. The van der Waals surface area contributed by atoms with Gasteiger partial charge in [-0.15, -0.1) is 0 Å². The maximum absolute atomic E-state index is 12.8. The average Bonchev–Trinajstić information content (AvgIpc) is 2.73. The number of rotatable bonds is 9. The number of nitrogens with zero attached hydrogens (tertiary/aromatic N) is 1. The summed E-state index contributed by atoms with van der Waals surface area (Å²) < 4.78 is 28.1. The number of benzene rings is 1. The van der Waals surface area contributed by atoms with Gasteiger partial charge in [-0.1, -0.05) is 42.5 Å². The Morgan fingerprint density at radius 1 is 1.28 bits per heavy atom. The topological polar surface area (TPSA) is 91.3 Å². The highest BCUT2D eigenvalue weighted by Gasteiger charge is 2.16. The molecule has 1 aromatic heterocycles. The van der Waals surface area contributed by atoms with Crippen LogP contribution in [0.2, 0.25) is 5.02 Å². The van der Waals surface area contributed by atoms with Crippen molar-refractivity contribution in [3.05, 3.63) is 83.7 Å². The molecule has 0 radical (unpaired) electrons. The maximum atomic E-state index is 12.8. The number of hydrogen-bond donors (Lipinski definition) is 3. The van der Waals surface area contributed by atoms with Crippen LogP contribution in [0.5, 0.6) is 0 Å². The predicted octanol–water partition coefficient (Wildman–Crippen LogP) is 3.28. The van der Waals surface area contributed by atoms with Gasteiger partial charge < -0.3 is 10.4 Å². The second-order valence-corrected chi connectivity index (χ2v) is 8.23. The highest BCUT2D eigenvalue weighted by Crippen LogP contribution is 2.21. The Kier molecular flexibility index (Phi) is 8.16. The van der Waals surface area contributed by atoms with Gasteiger partial charge in [0.05, 0.1) is 28.3 Å². The van der Waals surface area contributed by atoms with E-state index in [-0.39, 0.29) is 17.5 Å². The van der Waals surface area contributed by atoms with Crippen molar-refractivity contribution in [2.75, 3.05) is 13.7 Å². The van der Waals surface area contributed by atoms with Gasteiger partial charge in [-0.05, 0) is 49.9 Å². The molecule has 6 nitrogen and oxygen atoms in total. The molecule has 154 valence electrons. The van der Waals surface area contributed by atoms with Gasteiger partial charge in [-0.2, -0.15) is 0 Å². The zero-order chi connectivity index (χ0) is 21.4. The molecule has 2 aromatic rings. The van der Waals surface area contributed by atoms with Gasteiger partial charge in [-0.25, -0.2) is 8.42 Å². The molecule has 0 aliphatic heterocycles. The van der Waals surface area contributed by atoms with E-state index in [1.54, 1.807) is 56.5 Å². The lowest BCUT2D eigenvalue weighted by molar-refractivity contribution is 0.266. The molecular weight excluding hydrogens is 410 g/mol. The first-order valence-corrected chi connectivity index (χ1v) is 10.7. The summed E-state index contributed by atoms with van der Waals surface area (Å²) in [5.74, 6) is 0. The number of hydrogen-bond acceptors (Lipinski definition) is 5. The lowest BCUT2D eigenvalue weighted by Crippen LogP contribution is -2.31. The molecule has 0 saturated carbocycles. The number of aromatic nitrogens is 1. The van der Waals surface area contributed by atoms with Crippen LogP contribution in [0.15, 0.2) is 83.6 Å². The molecule has 0 aliphatic carbocycles. The van der Waals surface area contributed by atoms with Crippen LogP contribution in [0.4, 0.5) is 0 Å². The van der Waals surface area contributed by atoms with Crippen LogP contribution in [0, 0.1) is 0 Å². The van der Waals surface area contributed by atoms with Crippen molar-refractivity contribution in [2.24, 2.45) is 0 Å². The van der Waals surface area contributed by atoms with Crippen LogP contribution in [-0.4, -0.2) is 38.2 Å². The summed E-state index contributed by atoms with van der Waals surface area (Å²) in [6.45, 7) is 5.31. The lowest BCUT2D eigenvalue weighted by atomic mass is 10.1. The molecule has 0 amide bonds. The lowest BCUT2D eigenvalue weighted by Gasteiger charge is -2.16. The predicted molar refractivity (Wildman–Crippen MR) is 117 cm³/mol. The minimum atomic E-state index is -3.79. The van der Waals surface area contributed by atoms with Crippen molar-refractivity contribution in [3.63, 3.8) is 0 Å². The zero-order valence-corrected chi connectivity index (χ0v) is 17.8. The number of sulfonamides is 1. The Labute approximate surface area is 176 Å². The van der Waals surface area contributed by atoms with Crippen molar-refractivity contribution < 1.29 is 13.5 Å². The Balaban J connectivity index is 2.25.